The zero-order valence-electron chi connectivity index (χ0n) is 24.1. The van der Waals surface area contributed by atoms with Gasteiger partial charge in [0.1, 0.15) is 17.2 Å². The Hall–Kier alpha value is -4.97. The predicted molar refractivity (Wildman–Crippen MR) is 166 cm³/mol. The number of ketones is 2. The summed E-state index contributed by atoms with van der Waals surface area (Å²) in [7, 11) is 1.56. The highest BCUT2D eigenvalue weighted by molar-refractivity contribution is 6.16. The number of nitrogens with one attached hydrogen (secondary N) is 1. The molecule has 1 amide bonds. The van der Waals surface area contributed by atoms with Crippen LogP contribution in [0, 0.1) is 5.92 Å². The number of methoxy groups -OCH3 is 1. The third-order valence-corrected chi connectivity index (χ3v) is 9.25. The van der Waals surface area contributed by atoms with E-state index in [9.17, 15) is 14.4 Å². The molecule has 1 fully saturated rings. The number of carbonyl (C=O) groups is 3. The number of nitrogens with zero attached hydrogens (tertiary/aromatic N) is 1. The average Bonchev–Trinajstić information content (AvgIpc) is 3.53. The summed E-state index contributed by atoms with van der Waals surface area (Å²) in [6.07, 6.45) is 5.77. The summed E-state index contributed by atoms with van der Waals surface area (Å²) in [5.41, 5.74) is 3.99. The number of hydrogen-bond acceptors (Lipinski definition) is 5. The molecular formula is C37H32N2O4. The van der Waals surface area contributed by atoms with Crippen LogP contribution in [0.1, 0.15) is 62.4 Å². The molecule has 0 aromatic heterocycles. The van der Waals surface area contributed by atoms with E-state index >= 15 is 0 Å². The summed E-state index contributed by atoms with van der Waals surface area (Å²) in [4.78, 5) is 46.2. The van der Waals surface area contributed by atoms with E-state index in [4.69, 9.17) is 4.74 Å². The lowest BCUT2D eigenvalue weighted by molar-refractivity contribution is -0.122. The second kappa shape index (κ2) is 10.4. The van der Waals surface area contributed by atoms with Crippen LogP contribution in [-0.4, -0.2) is 35.5 Å². The molecule has 3 heterocycles. The van der Waals surface area contributed by atoms with Crippen molar-refractivity contribution in [3.05, 3.63) is 137 Å². The molecule has 0 aliphatic carbocycles. The first-order valence-corrected chi connectivity index (χ1v) is 14.8. The second-order valence-corrected chi connectivity index (χ2v) is 11.5. The molecular weight excluding hydrogens is 536 g/mol. The molecule has 6 heteroatoms. The van der Waals surface area contributed by atoms with Gasteiger partial charge in [0.2, 0.25) is 5.91 Å². The van der Waals surface area contributed by atoms with Crippen LogP contribution in [0.25, 0.3) is 6.08 Å². The van der Waals surface area contributed by atoms with Crippen molar-refractivity contribution in [2.75, 3.05) is 12.4 Å². The van der Waals surface area contributed by atoms with E-state index < -0.39 is 23.4 Å². The molecule has 6 nitrogen and oxygen atoms in total. The van der Waals surface area contributed by atoms with Crippen LogP contribution in [0.3, 0.4) is 0 Å². The minimum Gasteiger partial charge on any atom is -0.497 e. The standard InChI is InChI=1S/C37H32N2O4/c1-3-9-23-16-18-25(19-17-23)33(40)31-32(34(41)26-11-8-12-27(22-26)43-2)39-21-20-24-10-4-5-13-28(24)35(39)37(31)29-14-6-7-15-30(29)38-36(37)42/h4-8,10-22,31-32,35H,3,9H2,1-2H3,(H,38,42)/t31-,32+,35+,37+/m0/s1. The number of anilines is 1. The van der Waals surface area contributed by atoms with Crippen LogP contribution < -0.4 is 10.1 Å². The molecule has 43 heavy (non-hydrogen) atoms. The van der Waals surface area contributed by atoms with Gasteiger partial charge < -0.3 is 15.0 Å². The molecule has 4 aromatic carbocycles. The molecule has 0 bridgehead atoms. The number of benzene rings is 4. The van der Waals surface area contributed by atoms with Crippen molar-refractivity contribution in [2.45, 2.75) is 37.3 Å². The van der Waals surface area contributed by atoms with Gasteiger partial charge in [0.05, 0.1) is 19.1 Å². The van der Waals surface area contributed by atoms with Crippen LogP contribution in [-0.2, 0) is 16.6 Å². The Labute approximate surface area is 251 Å². The second-order valence-electron chi connectivity index (χ2n) is 11.5. The van der Waals surface area contributed by atoms with Crippen molar-refractivity contribution < 1.29 is 19.1 Å². The van der Waals surface area contributed by atoms with Gasteiger partial charge in [-0.3, -0.25) is 14.4 Å². The Morgan fingerprint density at radius 2 is 1.65 bits per heavy atom. The molecule has 1 N–H and O–H groups in total. The van der Waals surface area contributed by atoms with Gasteiger partial charge in [-0.15, -0.1) is 0 Å². The molecule has 3 aliphatic rings. The molecule has 0 unspecified atom stereocenters. The molecule has 3 aliphatic heterocycles. The monoisotopic (exact) mass is 568 g/mol. The third kappa shape index (κ3) is 3.97. The summed E-state index contributed by atoms with van der Waals surface area (Å²) in [6.45, 7) is 2.12. The SMILES string of the molecule is CCCc1ccc(C(=O)[C@@H]2[C@H](C(=O)c3cccc(OC)c3)N3C=Cc4ccccc4[C@@H]3[C@]23C(=O)Nc2ccccc23)cc1. The maximum absolute atomic E-state index is 14.9. The lowest BCUT2D eigenvalue weighted by Crippen LogP contribution is -2.49. The molecule has 0 radical (unpaired) electrons. The maximum Gasteiger partial charge on any atom is 0.238 e. The number of fused-ring (bicyclic) bond motifs is 6. The summed E-state index contributed by atoms with van der Waals surface area (Å²) in [6, 6.07) is 28.6. The summed E-state index contributed by atoms with van der Waals surface area (Å²) >= 11 is 0. The van der Waals surface area contributed by atoms with Gasteiger partial charge in [-0.2, -0.15) is 0 Å². The fraction of sp³-hybridized carbons (Fsp3) is 0.216. The topological polar surface area (TPSA) is 75.7 Å². The molecule has 7 rings (SSSR count). The Kier molecular flexibility index (Phi) is 6.50. The lowest BCUT2D eigenvalue weighted by Gasteiger charge is -2.38. The Bertz CT molecular complexity index is 1790. The molecule has 1 saturated heterocycles. The normalized spacial score (nSPS) is 23.0. The van der Waals surface area contributed by atoms with Gasteiger partial charge in [0, 0.05) is 23.0 Å². The molecule has 0 saturated carbocycles. The van der Waals surface area contributed by atoms with Crippen LogP contribution in [0.15, 0.2) is 103 Å². The first kappa shape index (κ1) is 26.9. The Morgan fingerprint density at radius 3 is 2.44 bits per heavy atom. The van der Waals surface area contributed by atoms with Crippen molar-refractivity contribution in [3.63, 3.8) is 0 Å². The van der Waals surface area contributed by atoms with Gasteiger partial charge in [0.25, 0.3) is 0 Å². The van der Waals surface area contributed by atoms with E-state index in [1.165, 1.54) is 0 Å². The Balaban J connectivity index is 1.50. The van der Waals surface area contributed by atoms with Crippen molar-refractivity contribution >= 4 is 29.2 Å². The van der Waals surface area contributed by atoms with Crippen molar-refractivity contribution in [1.29, 1.82) is 0 Å². The minimum absolute atomic E-state index is 0.226. The van der Waals surface area contributed by atoms with Crippen molar-refractivity contribution in [2.24, 2.45) is 5.92 Å². The minimum atomic E-state index is -1.35. The van der Waals surface area contributed by atoms with Gasteiger partial charge >= 0.3 is 0 Å². The van der Waals surface area contributed by atoms with Gasteiger partial charge in [-0.1, -0.05) is 92.2 Å². The number of ether oxygens (including phenoxy) is 1. The molecule has 4 aromatic rings. The zero-order chi connectivity index (χ0) is 29.7. The number of aryl methyl sites for hydroxylation is 1. The molecule has 1 spiro atoms. The zero-order valence-corrected chi connectivity index (χ0v) is 24.1. The fourth-order valence-electron chi connectivity index (χ4n) is 7.42. The van der Waals surface area contributed by atoms with E-state index in [2.05, 4.69) is 12.2 Å². The van der Waals surface area contributed by atoms with Crippen LogP contribution in [0.4, 0.5) is 5.69 Å². The van der Waals surface area contributed by atoms with Crippen LogP contribution >= 0.6 is 0 Å². The first-order valence-electron chi connectivity index (χ1n) is 14.8. The lowest BCUT2D eigenvalue weighted by atomic mass is 9.62. The number of para-hydroxylation sites is 1. The van der Waals surface area contributed by atoms with Gasteiger partial charge in [-0.25, -0.2) is 0 Å². The van der Waals surface area contributed by atoms with E-state index in [0.29, 0.717) is 22.6 Å². The van der Waals surface area contributed by atoms with Gasteiger partial charge in [0.15, 0.2) is 11.6 Å². The maximum atomic E-state index is 14.9. The van der Waals surface area contributed by atoms with Crippen molar-refractivity contribution in [1.82, 2.24) is 4.90 Å². The largest absolute Gasteiger partial charge is 0.497 e. The summed E-state index contributed by atoms with van der Waals surface area (Å²) < 4.78 is 5.44. The van der Waals surface area contributed by atoms with E-state index in [0.717, 1.165) is 35.1 Å². The Morgan fingerprint density at radius 1 is 0.884 bits per heavy atom. The first-order chi connectivity index (χ1) is 21.0. The number of rotatable bonds is 7. The van der Waals surface area contributed by atoms with E-state index in [-0.39, 0.29) is 17.5 Å². The number of amides is 1. The van der Waals surface area contributed by atoms with Crippen LogP contribution in [0.2, 0.25) is 0 Å². The smallest absolute Gasteiger partial charge is 0.238 e. The van der Waals surface area contributed by atoms with E-state index in [1.807, 2.05) is 90.0 Å². The average molecular weight is 569 g/mol. The fourth-order valence-corrected chi connectivity index (χ4v) is 7.42. The van der Waals surface area contributed by atoms with Crippen molar-refractivity contribution in [3.8, 4) is 5.75 Å². The number of carbonyl (C=O) groups excluding carboxylic acids is 3. The summed E-state index contributed by atoms with van der Waals surface area (Å²) in [5.74, 6) is -1.18. The van der Waals surface area contributed by atoms with Crippen LogP contribution in [0.5, 0.6) is 5.75 Å². The van der Waals surface area contributed by atoms with E-state index in [1.54, 1.807) is 31.4 Å². The highest BCUT2D eigenvalue weighted by atomic mass is 16.5. The summed E-state index contributed by atoms with van der Waals surface area (Å²) in [5, 5.41) is 3.10. The quantitative estimate of drug-likeness (QED) is 0.253. The highest BCUT2D eigenvalue weighted by Crippen LogP contribution is 2.62. The predicted octanol–water partition coefficient (Wildman–Crippen LogP) is 6.63. The number of Topliss-reactive ketones (excluding diaryl/α,β-unsaturated/α-hetero) is 2. The third-order valence-electron chi connectivity index (χ3n) is 9.25. The van der Waals surface area contributed by atoms with Gasteiger partial charge in [-0.05, 0) is 52.9 Å². The number of hydrogen-bond donors (Lipinski definition) is 1. The highest BCUT2D eigenvalue weighted by Gasteiger charge is 2.70. The molecule has 4 atom stereocenters. The molecule has 214 valence electrons.